The molecule has 2 heteroatoms. The first-order valence-electron chi connectivity index (χ1n) is 7.85. The van der Waals surface area contributed by atoms with Gasteiger partial charge >= 0.3 is 0 Å². The summed E-state index contributed by atoms with van der Waals surface area (Å²) >= 11 is 0. The molecule has 19 heavy (non-hydrogen) atoms. The summed E-state index contributed by atoms with van der Waals surface area (Å²) < 4.78 is 0. The number of nitrogens with zero attached hydrogens (tertiary/aromatic N) is 1. The lowest BCUT2D eigenvalue weighted by Crippen LogP contribution is -2.49. The number of benzene rings is 1. The fourth-order valence-corrected chi connectivity index (χ4v) is 3.07. The minimum absolute atomic E-state index is 0.337. The topological polar surface area (TPSA) is 15.3 Å². The number of unbranched alkanes of at least 4 members (excludes halogenated alkanes) is 1. The summed E-state index contributed by atoms with van der Waals surface area (Å²) in [6.45, 7) is 8.09. The first-order valence-corrected chi connectivity index (χ1v) is 7.85. The van der Waals surface area contributed by atoms with E-state index >= 15 is 0 Å². The molecule has 1 unspecified atom stereocenters. The fraction of sp³-hybridized carbons (Fsp3) is 0.647. The number of para-hydroxylation sites is 1. The zero-order valence-corrected chi connectivity index (χ0v) is 12.5. The molecule has 0 bridgehead atoms. The zero-order valence-electron chi connectivity index (χ0n) is 12.5. The van der Waals surface area contributed by atoms with Crippen LogP contribution in [0.4, 0.5) is 5.69 Å². The Morgan fingerprint density at radius 1 is 1.21 bits per heavy atom. The van der Waals surface area contributed by atoms with Gasteiger partial charge in [-0.3, -0.25) is 0 Å². The van der Waals surface area contributed by atoms with E-state index in [1.165, 1.54) is 50.9 Å². The van der Waals surface area contributed by atoms with Crippen LogP contribution in [0.3, 0.4) is 0 Å². The molecule has 1 saturated heterocycles. The molecule has 1 aliphatic rings. The molecule has 0 radical (unpaired) electrons. The van der Waals surface area contributed by atoms with Crippen LogP contribution in [0.1, 0.15) is 46.0 Å². The molecule has 106 valence electrons. The van der Waals surface area contributed by atoms with Gasteiger partial charge in [0.1, 0.15) is 0 Å². The third-order valence-electron chi connectivity index (χ3n) is 4.41. The van der Waals surface area contributed by atoms with E-state index in [0.717, 1.165) is 6.54 Å². The largest absolute Gasteiger partial charge is 0.370 e. The molecular formula is C17H28N2. The van der Waals surface area contributed by atoms with E-state index < -0.39 is 0 Å². The first kappa shape index (κ1) is 14.4. The summed E-state index contributed by atoms with van der Waals surface area (Å²) in [5, 5.41) is 3.75. The van der Waals surface area contributed by atoms with Crippen molar-refractivity contribution in [2.75, 3.05) is 24.5 Å². The summed E-state index contributed by atoms with van der Waals surface area (Å²) in [4.78, 5) is 2.57. The van der Waals surface area contributed by atoms with Gasteiger partial charge in [0, 0.05) is 24.3 Å². The molecule has 1 N–H and O–H groups in total. The molecule has 1 aliphatic heterocycles. The third kappa shape index (κ3) is 3.73. The van der Waals surface area contributed by atoms with Gasteiger partial charge in [-0.05, 0) is 44.4 Å². The van der Waals surface area contributed by atoms with Crippen molar-refractivity contribution in [2.45, 2.75) is 51.5 Å². The molecule has 1 heterocycles. The number of anilines is 1. The van der Waals surface area contributed by atoms with Gasteiger partial charge in [0.25, 0.3) is 0 Å². The van der Waals surface area contributed by atoms with Crippen molar-refractivity contribution in [1.29, 1.82) is 0 Å². The van der Waals surface area contributed by atoms with Crippen LogP contribution in [-0.2, 0) is 0 Å². The Morgan fingerprint density at radius 2 is 2.00 bits per heavy atom. The molecular weight excluding hydrogens is 232 g/mol. The Kier molecular flexibility index (Phi) is 5.26. The van der Waals surface area contributed by atoms with Gasteiger partial charge < -0.3 is 10.2 Å². The average Bonchev–Trinajstić information content (AvgIpc) is 2.93. The normalized spacial score (nSPS) is 22.6. The van der Waals surface area contributed by atoms with Gasteiger partial charge in [0.05, 0.1) is 0 Å². The van der Waals surface area contributed by atoms with Crippen LogP contribution in [0.2, 0.25) is 0 Å². The minimum atomic E-state index is 0.337. The molecule has 1 aromatic carbocycles. The molecule has 0 aliphatic carbocycles. The Labute approximate surface area is 118 Å². The third-order valence-corrected chi connectivity index (χ3v) is 4.41. The number of hydrogen-bond donors (Lipinski definition) is 1. The Bertz CT molecular complexity index is 355. The lowest BCUT2D eigenvalue weighted by molar-refractivity contribution is 0.361. The highest BCUT2D eigenvalue weighted by Crippen LogP contribution is 2.26. The second-order valence-corrected chi connectivity index (χ2v) is 5.77. The van der Waals surface area contributed by atoms with Crippen LogP contribution in [0, 0.1) is 0 Å². The highest BCUT2D eigenvalue weighted by molar-refractivity contribution is 5.46. The lowest BCUT2D eigenvalue weighted by atomic mass is 9.93. The zero-order chi connectivity index (χ0) is 13.6. The van der Waals surface area contributed by atoms with Crippen molar-refractivity contribution in [2.24, 2.45) is 0 Å². The van der Waals surface area contributed by atoms with Crippen molar-refractivity contribution in [1.82, 2.24) is 5.32 Å². The summed E-state index contributed by atoms with van der Waals surface area (Å²) in [6, 6.07) is 10.9. The fourth-order valence-electron chi connectivity index (χ4n) is 3.07. The summed E-state index contributed by atoms with van der Waals surface area (Å²) in [5.41, 5.74) is 1.71. The Balaban J connectivity index is 2.09. The molecule has 0 amide bonds. The second kappa shape index (κ2) is 6.95. The van der Waals surface area contributed by atoms with E-state index in [0.29, 0.717) is 5.54 Å². The monoisotopic (exact) mass is 260 g/mol. The van der Waals surface area contributed by atoms with Gasteiger partial charge in [-0.25, -0.2) is 0 Å². The van der Waals surface area contributed by atoms with Crippen LogP contribution in [0.5, 0.6) is 0 Å². The van der Waals surface area contributed by atoms with Crippen LogP contribution >= 0.6 is 0 Å². The lowest BCUT2D eigenvalue weighted by Gasteiger charge is -2.36. The first-order chi connectivity index (χ1) is 9.29. The van der Waals surface area contributed by atoms with E-state index in [9.17, 15) is 0 Å². The molecule has 2 nitrogen and oxygen atoms in total. The second-order valence-electron chi connectivity index (χ2n) is 5.77. The van der Waals surface area contributed by atoms with Gasteiger partial charge in [0.15, 0.2) is 0 Å². The number of hydrogen-bond acceptors (Lipinski definition) is 2. The van der Waals surface area contributed by atoms with Gasteiger partial charge in [-0.1, -0.05) is 38.5 Å². The van der Waals surface area contributed by atoms with Crippen LogP contribution < -0.4 is 10.2 Å². The van der Waals surface area contributed by atoms with E-state index in [1.54, 1.807) is 0 Å². The van der Waals surface area contributed by atoms with Crippen LogP contribution in [0.25, 0.3) is 0 Å². The van der Waals surface area contributed by atoms with Crippen molar-refractivity contribution >= 4 is 5.69 Å². The Hall–Kier alpha value is -1.02. The SMILES string of the molecule is CCCCN(CC1(CC)CCCN1)c1ccccc1. The van der Waals surface area contributed by atoms with Crippen LogP contribution in [0.15, 0.2) is 30.3 Å². The van der Waals surface area contributed by atoms with Gasteiger partial charge in [0.2, 0.25) is 0 Å². The smallest absolute Gasteiger partial charge is 0.0366 e. The number of nitrogens with one attached hydrogen (secondary N) is 1. The maximum Gasteiger partial charge on any atom is 0.0366 e. The van der Waals surface area contributed by atoms with E-state index in [-0.39, 0.29) is 0 Å². The summed E-state index contributed by atoms with van der Waals surface area (Å²) in [7, 11) is 0. The molecule has 1 atom stereocenters. The van der Waals surface area contributed by atoms with Crippen molar-refractivity contribution < 1.29 is 0 Å². The quantitative estimate of drug-likeness (QED) is 0.801. The van der Waals surface area contributed by atoms with Gasteiger partial charge in [-0.15, -0.1) is 0 Å². The summed E-state index contributed by atoms with van der Waals surface area (Å²) in [5.74, 6) is 0. The molecule has 1 fully saturated rings. The maximum atomic E-state index is 3.75. The highest BCUT2D eigenvalue weighted by atomic mass is 15.2. The molecule has 2 rings (SSSR count). The molecule has 1 aromatic rings. The predicted molar refractivity (Wildman–Crippen MR) is 83.8 cm³/mol. The Morgan fingerprint density at radius 3 is 2.58 bits per heavy atom. The predicted octanol–water partition coefficient (Wildman–Crippen LogP) is 3.83. The standard InChI is InChI=1S/C17H28N2/c1-3-5-14-19(16-10-7-6-8-11-16)15-17(4-2)12-9-13-18-17/h6-8,10-11,18H,3-5,9,12-15H2,1-2H3. The van der Waals surface area contributed by atoms with E-state index in [4.69, 9.17) is 0 Å². The van der Waals surface area contributed by atoms with E-state index in [2.05, 4.69) is 54.4 Å². The van der Waals surface area contributed by atoms with Crippen molar-refractivity contribution in [3.63, 3.8) is 0 Å². The molecule has 0 aromatic heterocycles. The summed E-state index contributed by atoms with van der Waals surface area (Å²) in [6.07, 6.45) is 6.40. The average molecular weight is 260 g/mol. The molecule has 0 saturated carbocycles. The maximum absolute atomic E-state index is 3.75. The van der Waals surface area contributed by atoms with Crippen molar-refractivity contribution in [3.8, 4) is 0 Å². The highest BCUT2D eigenvalue weighted by Gasteiger charge is 2.33. The van der Waals surface area contributed by atoms with Gasteiger partial charge in [-0.2, -0.15) is 0 Å². The molecule has 0 spiro atoms. The van der Waals surface area contributed by atoms with Crippen LogP contribution in [-0.4, -0.2) is 25.2 Å². The minimum Gasteiger partial charge on any atom is -0.370 e. The number of rotatable bonds is 7. The van der Waals surface area contributed by atoms with Crippen molar-refractivity contribution in [3.05, 3.63) is 30.3 Å². The van der Waals surface area contributed by atoms with E-state index in [1.807, 2.05) is 0 Å².